The zero-order valence-corrected chi connectivity index (χ0v) is 13.2. The first-order valence-electron chi connectivity index (χ1n) is 7.87. The third-order valence-corrected chi connectivity index (χ3v) is 4.76. The third-order valence-electron chi connectivity index (χ3n) is 4.76. The fourth-order valence-corrected chi connectivity index (χ4v) is 3.58. The van der Waals surface area contributed by atoms with Crippen molar-refractivity contribution in [2.45, 2.75) is 12.6 Å². The van der Waals surface area contributed by atoms with Crippen molar-refractivity contribution in [3.05, 3.63) is 48.2 Å². The first kappa shape index (κ1) is 13.6. The smallest absolute Gasteiger partial charge is 0.231 e. The van der Waals surface area contributed by atoms with Gasteiger partial charge in [-0.3, -0.25) is 0 Å². The number of aliphatic hydroxyl groups is 1. The zero-order valence-electron chi connectivity index (χ0n) is 13.2. The summed E-state index contributed by atoms with van der Waals surface area (Å²) in [5, 5.41) is 12.7. The van der Waals surface area contributed by atoms with Gasteiger partial charge in [0.05, 0.1) is 18.1 Å². The van der Waals surface area contributed by atoms with Crippen molar-refractivity contribution < 1.29 is 23.9 Å². The van der Waals surface area contributed by atoms with Crippen LogP contribution in [0.5, 0.6) is 17.2 Å². The number of benzene rings is 2. The van der Waals surface area contributed by atoms with Crippen LogP contribution in [0.2, 0.25) is 0 Å². The fraction of sp³-hybridized carbons (Fsp3) is 0.211. The summed E-state index contributed by atoms with van der Waals surface area (Å²) in [4.78, 5) is 0. The van der Waals surface area contributed by atoms with Gasteiger partial charge in [-0.1, -0.05) is 12.1 Å². The minimum absolute atomic E-state index is 0.225. The standard InChI is InChI=1S/C19H16NO4/c1-22-17-4-2-3-11-5-15-12-6-18-19(24-10-23-18)7-13(12)16(21)9-20(15)8-14(11)17/h2-8,16,21H,9-10H2,1H3/q+1. The average Bonchev–Trinajstić information content (AvgIpc) is 3.06. The first-order valence-corrected chi connectivity index (χ1v) is 7.87. The molecule has 3 aromatic rings. The van der Waals surface area contributed by atoms with E-state index in [1.54, 1.807) is 7.11 Å². The molecule has 5 nitrogen and oxygen atoms in total. The maximum atomic E-state index is 10.6. The van der Waals surface area contributed by atoms with Crippen molar-refractivity contribution in [1.82, 2.24) is 0 Å². The third kappa shape index (κ3) is 1.82. The van der Waals surface area contributed by atoms with E-state index in [4.69, 9.17) is 14.2 Å². The molecule has 1 aromatic heterocycles. The second kappa shape index (κ2) is 4.85. The quantitative estimate of drug-likeness (QED) is 0.700. The normalized spacial score (nSPS) is 17.5. The van der Waals surface area contributed by atoms with E-state index in [-0.39, 0.29) is 6.79 Å². The van der Waals surface area contributed by atoms with E-state index in [9.17, 15) is 5.11 Å². The van der Waals surface area contributed by atoms with E-state index >= 15 is 0 Å². The summed E-state index contributed by atoms with van der Waals surface area (Å²) in [5.41, 5.74) is 2.90. The summed E-state index contributed by atoms with van der Waals surface area (Å²) in [6.07, 6.45) is 1.46. The molecule has 0 saturated heterocycles. The molecule has 2 aliphatic heterocycles. The van der Waals surface area contributed by atoms with Gasteiger partial charge in [0, 0.05) is 11.6 Å². The highest BCUT2D eigenvalue weighted by Gasteiger charge is 2.33. The molecule has 24 heavy (non-hydrogen) atoms. The Labute approximate surface area is 138 Å². The second-order valence-corrected chi connectivity index (χ2v) is 6.08. The first-order chi connectivity index (χ1) is 11.7. The van der Waals surface area contributed by atoms with Crippen molar-refractivity contribution in [3.8, 4) is 28.5 Å². The summed E-state index contributed by atoms with van der Waals surface area (Å²) in [5.74, 6) is 2.25. The van der Waals surface area contributed by atoms with E-state index in [0.717, 1.165) is 39.1 Å². The Balaban J connectivity index is 1.79. The number of aliphatic hydroxyl groups excluding tert-OH is 1. The molecule has 2 aromatic carbocycles. The van der Waals surface area contributed by atoms with Gasteiger partial charge in [-0.25, -0.2) is 0 Å². The highest BCUT2D eigenvalue weighted by atomic mass is 16.7. The number of hydrogen-bond donors (Lipinski definition) is 1. The molecule has 3 heterocycles. The number of methoxy groups -OCH3 is 1. The van der Waals surface area contributed by atoms with Gasteiger partial charge in [0.15, 0.2) is 24.2 Å². The van der Waals surface area contributed by atoms with Crippen LogP contribution in [-0.2, 0) is 6.54 Å². The van der Waals surface area contributed by atoms with Crippen LogP contribution in [0.4, 0.5) is 0 Å². The minimum Gasteiger partial charge on any atom is -0.496 e. The minimum atomic E-state index is -0.584. The molecule has 5 rings (SSSR count). The number of aromatic nitrogens is 1. The molecular weight excluding hydrogens is 306 g/mol. The lowest BCUT2D eigenvalue weighted by Crippen LogP contribution is -2.42. The SMILES string of the molecule is COc1cccc2cc3[n+](cc12)CC(O)c1cc2c(cc1-3)OCO2. The monoisotopic (exact) mass is 322 g/mol. The van der Waals surface area contributed by atoms with Gasteiger partial charge in [0.25, 0.3) is 0 Å². The molecule has 120 valence electrons. The predicted molar refractivity (Wildman–Crippen MR) is 87.2 cm³/mol. The van der Waals surface area contributed by atoms with Crippen molar-refractivity contribution >= 4 is 10.8 Å². The maximum absolute atomic E-state index is 10.6. The van der Waals surface area contributed by atoms with E-state index in [2.05, 4.69) is 16.7 Å². The number of nitrogens with zero attached hydrogens (tertiary/aromatic N) is 1. The molecule has 0 amide bonds. The van der Waals surface area contributed by atoms with Crippen molar-refractivity contribution in [2.75, 3.05) is 13.9 Å². The number of pyridine rings is 1. The fourth-order valence-electron chi connectivity index (χ4n) is 3.58. The van der Waals surface area contributed by atoms with Crippen LogP contribution in [0.3, 0.4) is 0 Å². The molecule has 0 spiro atoms. The van der Waals surface area contributed by atoms with Crippen molar-refractivity contribution in [3.63, 3.8) is 0 Å². The Hall–Kier alpha value is -2.79. The lowest BCUT2D eigenvalue weighted by atomic mass is 9.93. The van der Waals surface area contributed by atoms with Gasteiger partial charge in [-0.05, 0) is 23.6 Å². The van der Waals surface area contributed by atoms with Crippen LogP contribution in [0, 0.1) is 0 Å². The Morgan fingerprint density at radius 3 is 2.83 bits per heavy atom. The molecule has 0 saturated carbocycles. The summed E-state index contributed by atoms with van der Waals surface area (Å²) < 4.78 is 18.5. The number of ether oxygens (including phenoxy) is 3. The van der Waals surface area contributed by atoms with Crippen LogP contribution >= 0.6 is 0 Å². The maximum Gasteiger partial charge on any atom is 0.231 e. The van der Waals surface area contributed by atoms with Crippen LogP contribution in [0.25, 0.3) is 22.0 Å². The molecule has 2 aliphatic rings. The Morgan fingerprint density at radius 1 is 1.17 bits per heavy atom. The summed E-state index contributed by atoms with van der Waals surface area (Å²) in [6.45, 7) is 0.721. The molecule has 0 aliphatic carbocycles. The van der Waals surface area contributed by atoms with Gasteiger partial charge in [-0.2, -0.15) is 4.57 Å². The topological polar surface area (TPSA) is 51.8 Å². The van der Waals surface area contributed by atoms with Crippen molar-refractivity contribution in [2.24, 2.45) is 0 Å². The largest absolute Gasteiger partial charge is 0.496 e. The lowest BCUT2D eigenvalue weighted by Gasteiger charge is -2.20. The predicted octanol–water partition coefficient (Wildman–Crippen LogP) is 2.58. The molecule has 0 fully saturated rings. The Bertz CT molecular complexity index is 983. The van der Waals surface area contributed by atoms with E-state index in [0.29, 0.717) is 12.3 Å². The summed E-state index contributed by atoms with van der Waals surface area (Å²) in [7, 11) is 1.67. The highest BCUT2D eigenvalue weighted by molar-refractivity contribution is 5.89. The number of rotatable bonds is 1. The van der Waals surface area contributed by atoms with Gasteiger partial charge in [-0.15, -0.1) is 0 Å². The van der Waals surface area contributed by atoms with Crippen molar-refractivity contribution in [1.29, 1.82) is 0 Å². The molecule has 5 heteroatoms. The zero-order chi connectivity index (χ0) is 16.3. The van der Waals surface area contributed by atoms with Gasteiger partial charge >= 0.3 is 0 Å². The van der Waals surface area contributed by atoms with Gasteiger partial charge in [0.1, 0.15) is 11.9 Å². The summed E-state index contributed by atoms with van der Waals surface area (Å²) >= 11 is 0. The Kier molecular flexibility index (Phi) is 2.76. The molecular formula is C19H16NO4+. The number of hydrogen-bond acceptors (Lipinski definition) is 4. The van der Waals surface area contributed by atoms with Gasteiger partial charge < -0.3 is 19.3 Å². The molecule has 0 radical (unpaired) electrons. The van der Waals surface area contributed by atoms with Crippen LogP contribution in [0.1, 0.15) is 11.7 Å². The van der Waals surface area contributed by atoms with Crippen LogP contribution in [-0.4, -0.2) is 19.0 Å². The second-order valence-electron chi connectivity index (χ2n) is 6.08. The van der Waals surface area contributed by atoms with Crippen LogP contribution < -0.4 is 18.8 Å². The lowest BCUT2D eigenvalue weighted by molar-refractivity contribution is -0.695. The molecule has 1 N–H and O–H groups in total. The molecule has 1 atom stereocenters. The van der Waals surface area contributed by atoms with Gasteiger partial charge in [0.2, 0.25) is 12.5 Å². The van der Waals surface area contributed by atoms with E-state index < -0.39 is 6.10 Å². The molecule has 0 bridgehead atoms. The van der Waals surface area contributed by atoms with Crippen LogP contribution in [0.15, 0.2) is 42.6 Å². The Morgan fingerprint density at radius 2 is 2.00 bits per heavy atom. The number of fused-ring (bicyclic) bond motifs is 5. The average molecular weight is 322 g/mol. The van der Waals surface area contributed by atoms with E-state index in [1.807, 2.05) is 30.5 Å². The van der Waals surface area contributed by atoms with E-state index in [1.165, 1.54) is 0 Å². The summed E-state index contributed by atoms with van der Waals surface area (Å²) in [6, 6.07) is 12.0. The molecule has 1 unspecified atom stereocenters. The highest BCUT2D eigenvalue weighted by Crippen LogP contribution is 2.42.